The molecule has 0 fully saturated rings. The van der Waals surface area contributed by atoms with Crippen molar-refractivity contribution in [2.75, 3.05) is 7.05 Å². The summed E-state index contributed by atoms with van der Waals surface area (Å²) in [5, 5.41) is 2.75. The monoisotopic (exact) mass is 296 g/mol. The Balaban J connectivity index is 2.70. The molecule has 20 heavy (non-hydrogen) atoms. The van der Waals surface area contributed by atoms with E-state index in [4.69, 9.17) is 0 Å². The lowest BCUT2D eigenvalue weighted by Crippen LogP contribution is -2.22. The average molecular weight is 296 g/mol. The van der Waals surface area contributed by atoms with Crippen LogP contribution in [0.3, 0.4) is 0 Å². The van der Waals surface area contributed by atoms with Crippen molar-refractivity contribution in [2.45, 2.75) is 26.1 Å². The lowest BCUT2D eigenvalue weighted by Gasteiger charge is -2.07. The largest absolute Gasteiger partial charge is 0.348 e. The minimum atomic E-state index is -3.28. The normalized spacial score (nSPS) is 10.9. The van der Waals surface area contributed by atoms with Crippen LogP contribution >= 0.6 is 0 Å². The lowest BCUT2D eigenvalue weighted by molar-refractivity contribution is -0.116. The van der Waals surface area contributed by atoms with Crippen molar-refractivity contribution >= 4 is 15.9 Å². The van der Waals surface area contributed by atoms with Gasteiger partial charge >= 0.3 is 0 Å². The standard InChI is InChI=1S/C14H20N2O3S/c1-11(2)7-14(17)16-9-12-5-4-6-13(8-12)10-20(18,19)15-3/h4-8,15H,9-10H2,1-3H3,(H,16,17). The highest BCUT2D eigenvalue weighted by atomic mass is 32.2. The number of amides is 1. The molecule has 1 amide bonds. The van der Waals surface area contributed by atoms with E-state index in [1.165, 1.54) is 13.1 Å². The van der Waals surface area contributed by atoms with E-state index in [0.717, 1.165) is 11.1 Å². The van der Waals surface area contributed by atoms with Crippen LogP contribution in [0.5, 0.6) is 0 Å². The molecular weight excluding hydrogens is 276 g/mol. The van der Waals surface area contributed by atoms with Crippen molar-refractivity contribution in [1.82, 2.24) is 10.0 Å². The minimum absolute atomic E-state index is 0.0702. The van der Waals surface area contributed by atoms with Gasteiger partial charge in [-0.25, -0.2) is 13.1 Å². The van der Waals surface area contributed by atoms with Crippen LogP contribution in [-0.2, 0) is 27.1 Å². The molecule has 0 unspecified atom stereocenters. The maximum Gasteiger partial charge on any atom is 0.244 e. The van der Waals surface area contributed by atoms with Crippen molar-refractivity contribution in [3.63, 3.8) is 0 Å². The third-order valence-electron chi connectivity index (χ3n) is 2.55. The van der Waals surface area contributed by atoms with Crippen molar-refractivity contribution < 1.29 is 13.2 Å². The van der Waals surface area contributed by atoms with Crippen LogP contribution in [0.2, 0.25) is 0 Å². The number of hydrogen-bond donors (Lipinski definition) is 2. The Labute approximate surface area is 120 Å². The van der Waals surface area contributed by atoms with Crippen LogP contribution in [0.25, 0.3) is 0 Å². The van der Waals surface area contributed by atoms with E-state index >= 15 is 0 Å². The predicted molar refractivity (Wildman–Crippen MR) is 79.4 cm³/mol. The van der Waals surface area contributed by atoms with E-state index < -0.39 is 10.0 Å². The zero-order valence-corrected chi connectivity index (χ0v) is 12.8. The van der Waals surface area contributed by atoms with Gasteiger partial charge in [0.1, 0.15) is 0 Å². The first-order chi connectivity index (χ1) is 9.32. The highest BCUT2D eigenvalue weighted by Crippen LogP contribution is 2.08. The molecule has 5 nitrogen and oxygen atoms in total. The van der Waals surface area contributed by atoms with Crippen molar-refractivity contribution in [2.24, 2.45) is 0 Å². The van der Waals surface area contributed by atoms with Gasteiger partial charge in [-0.3, -0.25) is 4.79 Å². The van der Waals surface area contributed by atoms with Crippen LogP contribution in [-0.4, -0.2) is 21.4 Å². The molecule has 0 aromatic heterocycles. The van der Waals surface area contributed by atoms with Gasteiger partial charge in [0.2, 0.25) is 15.9 Å². The summed E-state index contributed by atoms with van der Waals surface area (Å²) in [4.78, 5) is 11.5. The Hall–Kier alpha value is -1.66. The number of sulfonamides is 1. The molecule has 0 aliphatic carbocycles. The van der Waals surface area contributed by atoms with Gasteiger partial charge in [0.25, 0.3) is 0 Å². The fourth-order valence-corrected chi connectivity index (χ4v) is 2.39. The highest BCUT2D eigenvalue weighted by Gasteiger charge is 2.08. The van der Waals surface area contributed by atoms with Crippen LogP contribution < -0.4 is 10.0 Å². The van der Waals surface area contributed by atoms with Crippen LogP contribution in [0.4, 0.5) is 0 Å². The van der Waals surface area contributed by atoms with Gasteiger partial charge < -0.3 is 5.32 Å². The summed E-state index contributed by atoms with van der Waals surface area (Å²) in [6.45, 7) is 4.07. The molecule has 0 atom stereocenters. The zero-order chi connectivity index (χ0) is 15.2. The lowest BCUT2D eigenvalue weighted by atomic mass is 10.1. The fraction of sp³-hybridized carbons (Fsp3) is 0.357. The molecular formula is C14H20N2O3S. The first kappa shape index (κ1) is 16.4. The maximum atomic E-state index is 11.5. The molecule has 6 heteroatoms. The quantitative estimate of drug-likeness (QED) is 0.777. The molecule has 1 aromatic rings. The van der Waals surface area contributed by atoms with E-state index in [1.807, 2.05) is 19.9 Å². The molecule has 0 spiro atoms. The summed E-state index contributed by atoms with van der Waals surface area (Å²) in [6, 6.07) is 7.15. The molecule has 0 aliphatic heterocycles. The minimum Gasteiger partial charge on any atom is -0.348 e. The van der Waals surface area contributed by atoms with E-state index in [2.05, 4.69) is 10.0 Å². The zero-order valence-electron chi connectivity index (χ0n) is 11.9. The summed E-state index contributed by atoms with van der Waals surface area (Å²) >= 11 is 0. The van der Waals surface area contributed by atoms with Crippen molar-refractivity contribution in [3.05, 3.63) is 47.0 Å². The fourth-order valence-electron chi connectivity index (χ4n) is 1.62. The van der Waals surface area contributed by atoms with E-state index in [-0.39, 0.29) is 11.7 Å². The van der Waals surface area contributed by atoms with Crippen LogP contribution in [0.15, 0.2) is 35.9 Å². The van der Waals surface area contributed by atoms with Gasteiger partial charge in [-0.05, 0) is 32.0 Å². The molecule has 110 valence electrons. The molecule has 0 radical (unpaired) electrons. The summed E-state index contributed by atoms with van der Waals surface area (Å²) < 4.78 is 25.2. The Morgan fingerprint density at radius 2 is 1.90 bits per heavy atom. The molecule has 2 N–H and O–H groups in total. The Morgan fingerprint density at radius 1 is 1.25 bits per heavy atom. The summed E-state index contributed by atoms with van der Waals surface area (Å²) in [7, 11) is -1.90. The summed E-state index contributed by atoms with van der Waals surface area (Å²) in [5.74, 6) is -0.225. The average Bonchev–Trinajstić information content (AvgIpc) is 2.35. The first-order valence-corrected chi connectivity index (χ1v) is 7.89. The highest BCUT2D eigenvalue weighted by molar-refractivity contribution is 7.88. The van der Waals surface area contributed by atoms with E-state index in [0.29, 0.717) is 12.1 Å². The number of carbonyl (C=O) groups excluding carboxylic acids is 1. The second-order valence-corrected chi connectivity index (χ2v) is 6.65. The third kappa shape index (κ3) is 5.99. The molecule has 0 heterocycles. The summed E-state index contributed by atoms with van der Waals surface area (Å²) in [6.07, 6.45) is 1.52. The van der Waals surface area contributed by atoms with Gasteiger partial charge in [0.15, 0.2) is 0 Å². The number of carbonyl (C=O) groups is 1. The van der Waals surface area contributed by atoms with Gasteiger partial charge in [-0.1, -0.05) is 29.8 Å². The molecule has 0 aliphatic rings. The van der Waals surface area contributed by atoms with E-state index in [9.17, 15) is 13.2 Å². The predicted octanol–water partition coefficient (Wildman–Crippen LogP) is 1.32. The SMILES string of the molecule is CNS(=O)(=O)Cc1cccc(CNC(=O)C=C(C)C)c1. The number of rotatable bonds is 6. The van der Waals surface area contributed by atoms with Crippen LogP contribution in [0, 0.1) is 0 Å². The second-order valence-electron chi connectivity index (χ2n) is 4.72. The molecule has 0 saturated carbocycles. The van der Waals surface area contributed by atoms with Crippen molar-refractivity contribution in [3.8, 4) is 0 Å². The molecule has 1 rings (SSSR count). The topological polar surface area (TPSA) is 75.3 Å². The number of allylic oxidation sites excluding steroid dienone is 1. The maximum absolute atomic E-state index is 11.5. The van der Waals surface area contributed by atoms with Gasteiger partial charge in [-0.2, -0.15) is 0 Å². The summed E-state index contributed by atoms with van der Waals surface area (Å²) in [5.41, 5.74) is 2.48. The van der Waals surface area contributed by atoms with Gasteiger partial charge in [0, 0.05) is 12.6 Å². The first-order valence-electron chi connectivity index (χ1n) is 6.24. The molecule has 0 bridgehead atoms. The Kier molecular flexibility index (Phi) is 5.91. The smallest absolute Gasteiger partial charge is 0.244 e. The van der Waals surface area contributed by atoms with Gasteiger partial charge in [-0.15, -0.1) is 0 Å². The van der Waals surface area contributed by atoms with E-state index in [1.54, 1.807) is 18.2 Å². The second kappa shape index (κ2) is 7.21. The Bertz CT molecular complexity index is 603. The third-order valence-corrected chi connectivity index (χ3v) is 3.88. The number of nitrogens with one attached hydrogen (secondary N) is 2. The van der Waals surface area contributed by atoms with Gasteiger partial charge in [0.05, 0.1) is 5.75 Å². The van der Waals surface area contributed by atoms with Crippen LogP contribution in [0.1, 0.15) is 25.0 Å². The molecule has 1 aromatic carbocycles. The molecule has 0 saturated heterocycles. The Morgan fingerprint density at radius 3 is 2.50 bits per heavy atom. The van der Waals surface area contributed by atoms with Crippen molar-refractivity contribution in [1.29, 1.82) is 0 Å². The number of hydrogen-bond acceptors (Lipinski definition) is 3. The number of benzene rings is 1.